The zero-order chi connectivity index (χ0) is 25.6. The van der Waals surface area contributed by atoms with Crippen molar-refractivity contribution in [2.45, 2.75) is 0 Å². The lowest BCUT2D eigenvalue weighted by Crippen LogP contribution is -2.11. The lowest BCUT2D eigenvalue weighted by atomic mass is 10.0. The van der Waals surface area contributed by atoms with Crippen LogP contribution in [0.3, 0.4) is 0 Å². The molecule has 0 fully saturated rings. The Bertz CT molecular complexity index is 1690. The average Bonchev–Trinajstić information content (AvgIpc) is 3.77. The van der Waals surface area contributed by atoms with E-state index in [1.165, 1.54) is 0 Å². The highest BCUT2D eigenvalue weighted by Gasteiger charge is 2.25. The first kappa shape index (κ1) is 21.9. The van der Waals surface area contributed by atoms with Crippen LogP contribution < -0.4 is 0 Å². The van der Waals surface area contributed by atoms with Gasteiger partial charge in [0.15, 0.2) is 0 Å². The Morgan fingerprint density at radius 1 is 0.447 bits per heavy atom. The number of benzene rings is 2. The molecule has 0 saturated carbocycles. The SMILES string of the molecule is O=C1C2=NC(=C(c3ccccc3)c3ccc([nH]3)C(=O)C3=NC(=C(c4ccccc4)c4ccc1[nH]4)C=C3)C=C2. The quantitative estimate of drug-likeness (QED) is 0.361. The van der Waals surface area contributed by atoms with E-state index in [0.29, 0.717) is 34.2 Å². The molecule has 0 unspecified atom stereocenters. The summed E-state index contributed by atoms with van der Waals surface area (Å²) in [4.78, 5) is 43.0. The maximum atomic E-state index is 13.5. The highest BCUT2D eigenvalue weighted by atomic mass is 16.1. The van der Waals surface area contributed by atoms with E-state index in [4.69, 9.17) is 9.98 Å². The van der Waals surface area contributed by atoms with Gasteiger partial charge in [0.05, 0.1) is 22.8 Å². The number of aromatic amines is 2. The number of rotatable bonds is 2. The molecule has 2 aromatic heterocycles. The fourth-order valence-corrected chi connectivity index (χ4v) is 4.97. The van der Waals surface area contributed by atoms with Gasteiger partial charge in [-0.05, 0) is 59.7 Å². The zero-order valence-corrected chi connectivity index (χ0v) is 20.1. The van der Waals surface area contributed by atoms with Gasteiger partial charge in [0.2, 0.25) is 11.6 Å². The van der Waals surface area contributed by atoms with Gasteiger partial charge in [-0.3, -0.25) is 9.59 Å². The normalized spacial score (nSPS) is 16.4. The molecule has 0 spiro atoms. The molecule has 3 aliphatic rings. The summed E-state index contributed by atoms with van der Waals surface area (Å²) in [6.45, 7) is 0. The van der Waals surface area contributed by atoms with Crippen LogP contribution >= 0.6 is 0 Å². The second kappa shape index (κ2) is 8.64. The van der Waals surface area contributed by atoms with Gasteiger partial charge in [-0.25, -0.2) is 9.98 Å². The van der Waals surface area contributed by atoms with Crippen LogP contribution in [0.2, 0.25) is 0 Å². The molecule has 38 heavy (non-hydrogen) atoms. The summed E-state index contributed by atoms with van der Waals surface area (Å²) in [6.07, 6.45) is 7.15. The number of carbonyl (C=O) groups excluding carboxylic acids is 2. The number of aromatic nitrogens is 2. The first-order valence-electron chi connectivity index (χ1n) is 12.3. The van der Waals surface area contributed by atoms with Crippen LogP contribution in [0.25, 0.3) is 11.1 Å². The van der Waals surface area contributed by atoms with Crippen molar-refractivity contribution in [2.75, 3.05) is 0 Å². The molecule has 0 atom stereocenters. The first-order valence-corrected chi connectivity index (χ1v) is 12.3. The molecule has 6 nitrogen and oxygen atoms in total. The van der Waals surface area contributed by atoms with Crippen molar-refractivity contribution >= 4 is 34.1 Å². The van der Waals surface area contributed by atoms with Crippen molar-refractivity contribution in [1.29, 1.82) is 0 Å². The number of hydrogen-bond donors (Lipinski definition) is 2. The van der Waals surface area contributed by atoms with E-state index in [1.807, 2.05) is 84.9 Å². The maximum absolute atomic E-state index is 13.5. The van der Waals surface area contributed by atoms with Crippen molar-refractivity contribution in [3.05, 3.63) is 155 Å². The Labute approximate surface area is 218 Å². The average molecular weight is 493 g/mol. The number of carbonyl (C=O) groups is 2. The number of nitrogens with one attached hydrogen (secondary N) is 2. The van der Waals surface area contributed by atoms with Crippen LogP contribution in [0.15, 0.2) is 131 Å². The minimum Gasteiger partial charge on any atom is -0.352 e. The summed E-state index contributed by atoms with van der Waals surface area (Å²) >= 11 is 0. The Morgan fingerprint density at radius 3 is 1.26 bits per heavy atom. The molecule has 5 heterocycles. The summed E-state index contributed by atoms with van der Waals surface area (Å²) in [5.74, 6) is -0.402. The maximum Gasteiger partial charge on any atom is 0.227 e. The van der Waals surface area contributed by atoms with Crippen molar-refractivity contribution in [1.82, 2.24) is 9.97 Å². The number of allylic oxidation sites excluding steroid dienone is 4. The van der Waals surface area contributed by atoms with Gasteiger partial charge in [0.25, 0.3) is 0 Å². The Hall–Kier alpha value is -5.36. The molecular formula is C32H20N4O2. The monoisotopic (exact) mass is 492 g/mol. The topological polar surface area (TPSA) is 90.4 Å². The van der Waals surface area contributed by atoms with Crippen LogP contribution in [-0.4, -0.2) is 33.0 Å². The summed E-state index contributed by atoms with van der Waals surface area (Å²) in [5, 5.41) is 0. The van der Waals surface area contributed by atoms with Gasteiger partial charge in [-0.15, -0.1) is 0 Å². The number of Topliss-reactive ketones (excluding diaryl/α,β-unsaturated/α-hetero) is 2. The van der Waals surface area contributed by atoms with E-state index in [9.17, 15) is 9.59 Å². The second-order valence-corrected chi connectivity index (χ2v) is 9.14. The van der Waals surface area contributed by atoms with Crippen LogP contribution in [-0.2, 0) is 0 Å². The van der Waals surface area contributed by atoms with Gasteiger partial charge in [0.1, 0.15) is 11.4 Å². The number of aliphatic imine (C=N–C) groups is 2. The number of nitrogens with zero attached hydrogens (tertiary/aromatic N) is 2. The fourth-order valence-electron chi connectivity index (χ4n) is 4.97. The van der Waals surface area contributed by atoms with Gasteiger partial charge in [-0.2, -0.15) is 0 Å². The number of H-pyrrole nitrogens is 2. The van der Waals surface area contributed by atoms with Crippen molar-refractivity contribution in [2.24, 2.45) is 9.98 Å². The summed E-state index contributed by atoms with van der Waals surface area (Å²) in [5.41, 5.74) is 7.73. The number of ketones is 2. The van der Waals surface area contributed by atoms with Crippen molar-refractivity contribution in [3.8, 4) is 0 Å². The van der Waals surface area contributed by atoms with E-state index in [-0.39, 0.29) is 11.6 Å². The van der Waals surface area contributed by atoms with Crippen molar-refractivity contribution in [3.63, 3.8) is 0 Å². The first-order chi connectivity index (χ1) is 18.7. The zero-order valence-electron chi connectivity index (χ0n) is 20.1. The van der Waals surface area contributed by atoms with Crippen LogP contribution in [0.5, 0.6) is 0 Å². The van der Waals surface area contributed by atoms with E-state index in [0.717, 1.165) is 33.7 Å². The van der Waals surface area contributed by atoms with Crippen LogP contribution in [0, 0.1) is 0 Å². The Balaban J connectivity index is 1.47. The molecule has 4 aromatic rings. The second-order valence-electron chi connectivity index (χ2n) is 9.14. The predicted molar refractivity (Wildman–Crippen MR) is 148 cm³/mol. The fraction of sp³-hybridized carbons (Fsp3) is 0. The molecule has 3 aliphatic heterocycles. The minimum absolute atomic E-state index is 0.201. The third-order valence-corrected chi connectivity index (χ3v) is 6.78. The molecule has 0 amide bonds. The standard InChI is InChI=1S/C32H20N4O2/c37-31-25-15-11-21(33-25)29(19-7-3-1-4-8-19)22-12-16-26(34-22)32(38)28-18-14-24(36-28)30(20-9-5-2-6-10-20)23-13-17-27(31)35-23/h1-18,33,36H. The van der Waals surface area contributed by atoms with Crippen molar-refractivity contribution < 1.29 is 9.59 Å². The van der Waals surface area contributed by atoms with Gasteiger partial charge < -0.3 is 9.97 Å². The molecule has 6 heteroatoms. The molecule has 2 N–H and O–H groups in total. The largest absolute Gasteiger partial charge is 0.352 e. The lowest BCUT2D eigenvalue weighted by molar-refractivity contribution is 0.105. The van der Waals surface area contributed by atoms with Gasteiger partial charge in [0, 0.05) is 22.5 Å². The van der Waals surface area contributed by atoms with E-state index < -0.39 is 0 Å². The van der Waals surface area contributed by atoms with Gasteiger partial charge >= 0.3 is 0 Å². The van der Waals surface area contributed by atoms with Gasteiger partial charge in [-0.1, -0.05) is 60.7 Å². The summed E-state index contributed by atoms with van der Waals surface area (Å²) in [6, 6.07) is 26.9. The minimum atomic E-state index is -0.201. The highest BCUT2D eigenvalue weighted by Crippen LogP contribution is 2.33. The van der Waals surface area contributed by atoms with Crippen LogP contribution in [0.4, 0.5) is 0 Å². The smallest absolute Gasteiger partial charge is 0.227 e. The summed E-state index contributed by atoms with van der Waals surface area (Å²) < 4.78 is 0. The summed E-state index contributed by atoms with van der Waals surface area (Å²) in [7, 11) is 0. The van der Waals surface area contributed by atoms with E-state index in [1.54, 1.807) is 24.3 Å². The predicted octanol–water partition coefficient (Wildman–Crippen LogP) is 5.96. The lowest BCUT2D eigenvalue weighted by Gasteiger charge is -2.09. The number of hydrogen-bond acceptors (Lipinski definition) is 4. The van der Waals surface area contributed by atoms with E-state index >= 15 is 0 Å². The third kappa shape index (κ3) is 3.59. The molecule has 7 rings (SSSR count). The molecule has 0 radical (unpaired) electrons. The molecule has 0 aliphatic carbocycles. The van der Waals surface area contributed by atoms with E-state index in [2.05, 4.69) is 9.97 Å². The Morgan fingerprint density at radius 2 is 0.842 bits per heavy atom. The third-order valence-electron chi connectivity index (χ3n) is 6.78. The number of fused-ring (bicyclic) bond motifs is 6. The molecule has 0 saturated heterocycles. The van der Waals surface area contributed by atoms with Crippen LogP contribution in [0.1, 0.15) is 43.5 Å². The molecule has 8 bridgehead atoms. The Kier molecular flexibility index (Phi) is 4.97. The highest BCUT2D eigenvalue weighted by molar-refractivity contribution is 6.51. The molecular weight excluding hydrogens is 472 g/mol. The molecule has 2 aromatic carbocycles. The molecule has 180 valence electrons.